The van der Waals surface area contributed by atoms with Crippen molar-refractivity contribution in [2.75, 3.05) is 0 Å². The molecule has 0 aromatic heterocycles. The fourth-order valence-electron chi connectivity index (χ4n) is 0.986. The molecule has 0 saturated heterocycles. The zero-order chi connectivity index (χ0) is 14.1. The summed E-state index contributed by atoms with van der Waals surface area (Å²) in [6.07, 6.45) is -0.846. The average molecular weight is 340 g/mol. The highest BCUT2D eigenvalue weighted by molar-refractivity contribution is 9.10. The summed E-state index contributed by atoms with van der Waals surface area (Å²) in [5, 5.41) is -3.33. The third kappa shape index (κ3) is 5.95. The van der Waals surface area contributed by atoms with E-state index in [-0.39, 0.29) is 0 Å². The molecule has 2 atom stereocenters. The summed E-state index contributed by atoms with van der Waals surface area (Å²) in [6, 6.07) is 0. The number of carbonyl (C=O) groups is 1. The van der Waals surface area contributed by atoms with Crippen molar-refractivity contribution in [1.29, 1.82) is 0 Å². The predicted molar refractivity (Wildman–Crippen MR) is 63.2 cm³/mol. The van der Waals surface area contributed by atoms with E-state index in [1.807, 2.05) is 15.9 Å². The number of rotatable bonds is 4. The van der Waals surface area contributed by atoms with Crippen molar-refractivity contribution in [3.8, 4) is 0 Å². The number of hydrogen-bond acceptors (Lipinski definition) is 2. The molecule has 0 bridgehead atoms. The molecule has 17 heavy (non-hydrogen) atoms. The fraction of sp³-hybridized carbons (Fsp3) is 0.900. The van der Waals surface area contributed by atoms with E-state index in [4.69, 9.17) is 16.3 Å². The SMILES string of the molecule is CC(CC(F)(Cl)C(F)(F)Br)C(=O)OC(C)(C)C. The molecule has 0 spiro atoms. The van der Waals surface area contributed by atoms with Crippen LogP contribution in [0, 0.1) is 5.92 Å². The third-order valence-corrected chi connectivity index (χ3v) is 3.03. The van der Waals surface area contributed by atoms with E-state index in [0.29, 0.717) is 0 Å². The van der Waals surface area contributed by atoms with E-state index >= 15 is 0 Å². The molecular formula is C10H15BrClF3O2. The average Bonchev–Trinajstić information content (AvgIpc) is 1.97. The summed E-state index contributed by atoms with van der Waals surface area (Å²) in [7, 11) is 0. The first kappa shape index (κ1) is 17.0. The minimum atomic E-state index is -3.90. The van der Waals surface area contributed by atoms with E-state index in [0.717, 1.165) is 0 Å². The van der Waals surface area contributed by atoms with Gasteiger partial charge in [-0.25, -0.2) is 4.39 Å². The molecular weight excluding hydrogens is 324 g/mol. The number of halogens is 5. The van der Waals surface area contributed by atoms with Crippen LogP contribution in [0.15, 0.2) is 0 Å². The second-order valence-corrected chi connectivity index (χ2v) is 6.44. The lowest BCUT2D eigenvalue weighted by atomic mass is 10.0. The van der Waals surface area contributed by atoms with E-state index < -0.39 is 33.9 Å². The Hall–Kier alpha value is 0.0300. The summed E-state index contributed by atoms with van der Waals surface area (Å²) >= 11 is 6.90. The zero-order valence-electron chi connectivity index (χ0n) is 9.99. The molecule has 0 aliphatic carbocycles. The van der Waals surface area contributed by atoms with Crippen LogP contribution in [-0.4, -0.2) is 21.5 Å². The molecule has 0 amide bonds. The maximum absolute atomic E-state index is 13.4. The van der Waals surface area contributed by atoms with Gasteiger partial charge in [0.05, 0.1) is 5.92 Å². The van der Waals surface area contributed by atoms with Crippen molar-refractivity contribution < 1.29 is 22.7 Å². The Bertz CT molecular complexity index is 284. The first-order valence-corrected chi connectivity index (χ1v) is 6.11. The van der Waals surface area contributed by atoms with Gasteiger partial charge in [-0.2, -0.15) is 8.78 Å². The van der Waals surface area contributed by atoms with Crippen molar-refractivity contribution in [2.45, 2.75) is 49.7 Å². The Morgan fingerprint density at radius 2 is 1.76 bits per heavy atom. The first-order chi connectivity index (χ1) is 7.26. The van der Waals surface area contributed by atoms with Crippen LogP contribution in [0.3, 0.4) is 0 Å². The van der Waals surface area contributed by atoms with Crippen LogP contribution in [0.25, 0.3) is 0 Å². The molecule has 0 aliphatic heterocycles. The van der Waals surface area contributed by atoms with Gasteiger partial charge in [0.25, 0.3) is 5.13 Å². The second-order valence-electron chi connectivity index (χ2n) is 4.84. The quantitative estimate of drug-likeness (QED) is 0.565. The molecule has 0 radical (unpaired) electrons. The minimum Gasteiger partial charge on any atom is -0.460 e. The molecule has 0 heterocycles. The molecule has 0 aliphatic rings. The van der Waals surface area contributed by atoms with Crippen LogP contribution in [0.1, 0.15) is 34.1 Å². The van der Waals surface area contributed by atoms with Gasteiger partial charge in [-0.1, -0.05) is 18.5 Å². The van der Waals surface area contributed by atoms with Gasteiger partial charge >= 0.3 is 10.8 Å². The lowest BCUT2D eigenvalue weighted by Crippen LogP contribution is -2.38. The molecule has 0 aromatic rings. The Morgan fingerprint density at radius 3 is 2.06 bits per heavy atom. The Labute approximate surface area is 112 Å². The van der Waals surface area contributed by atoms with Crippen molar-refractivity contribution in [1.82, 2.24) is 0 Å². The number of hydrogen-bond donors (Lipinski definition) is 0. The molecule has 2 unspecified atom stereocenters. The van der Waals surface area contributed by atoms with Gasteiger partial charge in [-0.05, 0) is 36.7 Å². The topological polar surface area (TPSA) is 26.3 Å². The third-order valence-electron chi connectivity index (χ3n) is 1.79. The van der Waals surface area contributed by atoms with Crippen LogP contribution < -0.4 is 0 Å². The molecule has 0 saturated carbocycles. The maximum atomic E-state index is 13.4. The van der Waals surface area contributed by atoms with Crippen LogP contribution in [0.5, 0.6) is 0 Å². The van der Waals surface area contributed by atoms with E-state index in [9.17, 15) is 18.0 Å². The van der Waals surface area contributed by atoms with Crippen molar-refractivity contribution in [2.24, 2.45) is 5.92 Å². The van der Waals surface area contributed by atoms with Crippen molar-refractivity contribution in [3.05, 3.63) is 0 Å². The molecule has 7 heteroatoms. The predicted octanol–water partition coefficient (Wildman–Crippen LogP) is 4.25. The number of carbonyl (C=O) groups excluding carboxylic acids is 1. The second kappa shape index (κ2) is 5.34. The molecule has 2 nitrogen and oxygen atoms in total. The maximum Gasteiger partial charge on any atom is 0.348 e. The van der Waals surface area contributed by atoms with Gasteiger partial charge in [0.15, 0.2) is 0 Å². The normalized spacial score (nSPS) is 18.4. The Morgan fingerprint density at radius 1 is 1.35 bits per heavy atom. The van der Waals surface area contributed by atoms with Gasteiger partial charge in [0.1, 0.15) is 5.60 Å². The summed E-state index contributed by atoms with van der Waals surface area (Å²) < 4.78 is 43.8. The van der Waals surface area contributed by atoms with Crippen molar-refractivity contribution >= 4 is 33.5 Å². The molecule has 0 rings (SSSR count). The fourth-order valence-corrected chi connectivity index (χ4v) is 1.38. The van der Waals surface area contributed by atoms with Gasteiger partial charge in [0, 0.05) is 6.42 Å². The Kier molecular flexibility index (Phi) is 5.35. The number of ether oxygens (including phenoxy) is 1. The number of alkyl halides is 5. The highest BCUT2D eigenvalue weighted by atomic mass is 79.9. The molecule has 0 fully saturated rings. The lowest BCUT2D eigenvalue weighted by Gasteiger charge is -2.27. The van der Waals surface area contributed by atoms with E-state index in [2.05, 4.69) is 0 Å². The summed E-state index contributed by atoms with van der Waals surface area (Å²) in [5.41, 5.74) is -0.756. The van der Waals surface area contributed by atoms with Crippen LogP contribution >= 0.6 is 27.5 Å². The van der Waals surface area contributed by atoms with E-state index in [1.54, 1.807) is 20.8 Å². The van der Waals surface area contributed by atoms with Gasteiger partial charge < -0.3 is 4.74 Å². The summed E-state index contributed by atoms with van der Waals surface area (Å²) in [4.78, 5) is 7.55. The Balaban J connectivity index is 4.56. The smallest absolute Gasteiger partial charge is 0.348 e. The van der Waals surface area contributed by atoms with Crippen LogP contribution in [0.2, 0.25) is 0 Å². The molecule has 0 aromatic carbocycles. The highest BCUT2D eigenvalue weighted by Gasteiger charge is 2.53. The van der Waals surface area contributed by atoms with Gasteiger partial charge in [0.2, 0.25) is 0 Å². The van der Waals surface area contributed by atoms with Crippen LogP contribution in [-0.2, 0) is 9.53 Å². The van der Waals surface area contributed by atoms with Crippen molar-refractivity contribution in [3.63, 3.8) is 0 Å². The summed E-state index contributed by atoms with van der Waals surface area (Å²) in [5.74, 6) is -1.84. The van der Waals surface area contributed by atoms with Gasteiger partial charge in [-0.3, -0.25) is 4.79 Å². The monoisotopic (exact) mass is 338 g/mol. The largest absolute Gasteiger partial charge is 0.460 e. The highest BCUT2D eigenvalue weighted by Crippen LogP contribution is 2.45. The van der Waals surface area contributed by atoms with E-state index in [1.165, 1.54) is 6.92 Å². The minimum absolute atomic E-state index is 0.756. The standard InChI is InChI=1S/C10H15BrClF3O2/c1-6(7(16)17-8(2,3)4)5-9(12,13)10(11,14)15/h6H,5H2,1-4H3. The first-order valence-electron chi connectivity index (χ1n) is 4.94. The van der Waals surface area contributed by atoms with Gasteiger partial charge in [-0.15, -0.1) is 0 Å². The number of esters is 1. The zero-order valence-corrected chi connectivity index (χ0v) is 12.3. The lowest BCUT2D eigenvalue weighted by molar-refractivity contribution is -0.161. The van der Waals surface area contributed by atoms with Crippen LogP contribution in [0.4, 0.5) is 13.2 Å². The molecule has 102 valence electrons. The molecule has 0 N–H and O–H groups in total. The summed E-state index contributed by atoms with van der Waals surface area (Å²) in [6.45, 7) is 6.16.